The molecule has 0 aliphatic carbocycles. The van der Waals surface area contributed by atoms with E-state index in [4.69, 9.17) is 0 Å². The molecule has 0 bridgehead atoms. The van der Waals surface area contributed by atoms with Crippen LogP contribution < -0.4 is 0 Å². The van der Waals surface area contributed by atoms with E-state index in [1.807, 2.05) is 0 Å². The quantitative estimate of drug-likeness (QED) is 0.156. The zero-order valence-electron chi connectivity index (χ0n) is 31.7. The number of rotatable bonds is 5. The summed E-state index contributed by atoms with van der Waals surface area (Å²) in [5.41, 5.74) is 13.2. The molecule has 2 heteroatoms. The Balaban J connectivity index is 0.971. The minimum Gasteiger partial charge on any atom is -0.315 e. The highest BCUT2D eigenvalue weighted by Crippen LogP contribution is 2.41. The Labute approximate surface area is 336 Å². The molecule has 0 saturated heterocycles. The van der Waals surface area contributed by atoms with Crippen molar-refractivity contribution in [2.24, 2.45) is 0 Å². The first-order chi connectivity index (χ1) is 28.8. The Hall–Kier alpha value is -7.68. The van der Waals surface area contributed by atoms with Crippen LogP contribution in [0, 0.1) is 0 Å². The van der Waals surface area contributed by atoms with Gasteiger partial charge in [-0.2, -0.15) is 0 Å². The Morgan fingerprint density at radius 1 is 0.259 bits per heavy atom. The SMILES string of the molecule is c1ccc(-c2ccc3c4ccc(-c5ccc(-c6ccc7c(c6)c6ccc8ccn(-c9ccccc9)c8c6n7-c6ccccc6)cc5)cc4c4ccccc4c3c2)cc1. The van der Waals surface area contributed by atoms with Crippen molar-refractivity contribution in [3.05, 3.63) is 219 Å². The molecule has 270 valence electrons. The van der Waals surface area contributed by atoms with Gasteiger partial charge in [0.15, 0.2) is 0 Å². The number of aromatic nitrogens is 2. The second-order valence-corrected chi connectivity index (χ2v) is 15.3. The molecule has 58 heavy (non-hydrogen) atoms. The lowest BCUT2D eigenvalue weighted by Gasteiger charge is -2.14. The van der Waals surface area contributed by atoms with Crippen LogP contribution in [0.25, 0.3) is 110 Å². The fraction of sp³-hybridized carbons (Fsp3) is 0. The van der Waals surface area contributed by atoms with Gasteiger partial charge in [0, 0.05) is 33.7 Å². The van der Waals surface area contributed by atoms with Gasteiger partial charge in [-0.1, -0.05) is 158 Å². The molecule has 2 nitrogen and oxygen atoms in total. The third-order valence-corrected chi connectivity index (χ3v) is 12.1. The maximum Gasteiger partial charge on any atom is 0.0788 e. The number of nitrogens with zero attached hydrogens (tertiary/aromatic N) is 2. The van der Waals surface area contributed by atoms with Gasteiger partial charge in [-0.25, -0.2) is 0 Å². The van der Waals surface area contributed by atoms with E-state index >= 15 is 0 Å². The molecule has 0 spiro atoms. The molecule has 2 aromatic heterocycles. The van der Waals surface area contributed by atoms with Crippen LogP contribution in [0.4, 0.5) is 0 Å². The molecule has 0 aliphatic heterocycles. The molecule has 10 aromatic carbocycles. The monoisotopic (exact) mass is 736 g/mol. The van der Waals surface area contributed by atoms with E-state index in [9.17, 15) is 0 Å². The average molecular weight is 737 g/mol. The molecule has 0 N–H and O–H groups in total. The molecule has 0 atom stereocenters. The lowest BCUT2D eigenvalue weighted by atomic mass is 9.90. The van der Waals surface area contributed by atoms with Crippen LogP contribution in [-0.4, -0.2) is 9.13 Å². The van der Waals surface area contributed by atoms with Crippen molar-refractivity contribution < 1.29 is 0 Å². The minimum atomic E-state index is 1.15. The van der Waals surface area contributed by atoms with Gasteiger partial charge in [0.1, 0.15) is 0 Å². The zero-order valence-corrected chi connectivity index (χ0v) is 31.7. The molecule has 12 rings (SSSR count). The number of hydrogen-bond donors (Lipinski definition) is 0. The van der Waals surface area contributed by atoms with E-state index in [1.165, 1.54) is 98.4 Å². The van der Waals surface area contributed by atoms with Crippen LogP contribution in [0.5, 0.6) is 0 Å². The van der Waals surface area contributed by atoms with Gasteiger partial charge in [0.25, 0.3) is 0 Å². The molecule has 0 radical (unpaired) electrons. The van der Waals surface area contributed by atoms with Crippen LogP contribution in [0.1, 0.15) is 0 Å². The highest BCUT2D eigenvalue weighted by atomic mass is 15.0. The van der Waals surface area contributed by atoms with Crippen molar-refractivity contribution in [1.82, 2.24) is 9.13 Å². The van der Waals surface area contributed by atoms with E-state index in [1.54, 1.807) is 0 Å². The Kier molecular flexibility index (Phi) is 7.26. The van der Waals surface area contributed by atoms with Crippen molar-refractivity contribution in [3.8, 4) is 44.8 Å². The fourth-order valence-corrected chi connectivity index (χ4v) is 9.35. The van der Waals surface area contributed by atoms with Gasteiger partial charge in [-0.05, 0) is 120 Å². The lowest BCUT2D eigenvalue weighted by molar-refractivity contribution is 1.12. The van der Waals surface area contributed by atoms with Crippen molar-refractivity contribution in [1.29, 1.82) is 0 Å². The van der Waals surface area contributed by atoms with Crippen LogP contribution in [0.3, 0.4) is 0 Å². The predicted molar refractivity (Wildman–Crippen MR) is 246 cm³/mol. The Morgan fingerprint density at radius 2 is 0.707 bits per heavy atom. The molecule has 2 heterocycles. The topological polar surface area (TPSA) is 9.86 Å². The number of fused-ring (bicyclic) bond motifs is 11. The third kappa shape index (κ3) is 5.05. The molecule has 0 saturated carbocycles. The summed E-state index contributed by atoms with van der Waals surface area (Å²) in [6.45, 7) is 0. The Morgan fingerprint density at radius 3 is 1.31 bits per heavy atom. The van der Waals surface area contributed by atoms with Crippen LogP contribution in [-0.2, 0) is 0 Å². The molecule has 0 aliphatic rings. The van der Waals surface area contributed by atoms with E-state index in [0.29, 0.717) is 0 Å². The van der Waals surface area contributed by atoms with Crippen molar-refractivity contribution in [2.45, 2.75) is 0 Å². The van der Waals surface area contributed by atoms with Gasteiger partial charge in [-0.15, -0.1) is 0 Å². The summed E-state index contributed by atoms with van der Waals surface area (Å²) in [6.07, 6.45) is 2.20. The first-order valence-corrected chi connectivity index (χ1v) is 20.0. The molecular formula is C56H36N2. The van der Waals surface area contributed by atoms with Crippen LogP contribution in [0.15, 0.2) is 219 Å². The second kappa shape index (κ2) is 12.9. The summed E-state index contributed by atoms with van der Waals surface area (Å²) in [5, 5.41) is 11.4. The van der Waals surface area contributed by atoms with Gasteiger partial charge < -0.3 is 9.13 Å². The van der Waals surface area contributed by atoms with Gasteiger partial charge in [-0.3, -0.25) is 0 Å². The minimum absolute atomic E-state index is 1.15. The smallest absolute Gasteiger partial charge is 0.0788 e. The summed E-state index contributed by atoms with van der Waals surface area (Å²) in [5.74, 6) is 0. The maximum absolute atomic E-state index is 2.44. The van der Waals surface area contributed by atoms with Crippen molar-refractivity contribution in [2.75, 3.05) is 0 Å². The molecule has 12 aromatic rings. The summed E-state index contributed by atoms with van der Waals surface area (Å²) >= 11 is 0. The van der Waals surface area contributed by atoms with E-state index in [-0.39, 0.29) is 0 Å². The first kappa shape index (κ1) is 32.6. The largest absolute Gasteiger partial charge is 0.315 e. The van der Waals surface area contributed by atoms with Gasteiger partial charge in [0.05, 0.1) is 16.6 Å². The van der Waals surface area contributed by atoms with Gasteiger partial charge >= 0.3 is 0 Å². The number of benzene rings is 10. The average Bonchev–Trinajstić information content (AvgIpc) is 3.89. The summed E-state index contributed by atoms with van der Waals surface area (Å²) in [4.78, 5) is 0. The van der Waals surface area contributed by atoms with E-state index in [0.717, 1.165) is 11.4 Å². The second-order valence-electron chi connectivity index (χ2n) is 15.3. The molecule has 0 unspecified atom stereocenters. The van der Waals surface area contributed by atoms with Crippen LogP contribution in [0.2, 0.25) is 0 Å². The van der Waals surface area contributed by atoms with E-state index < -0.39 is 0 Å². The molecular weight excluding hydrogens is 701 g/mol. The predicted octanol–water partition coefficient (Wildman–Crippen LogP) is 15.2. The zero-order chi connectivity index (χ0) is 38.2. The number of para-hydroxylation sites is 2. The van der Waals surface area contributed by atoms with Crippen molar-refractivity contribution >= 4 is 65.0 Å². The van der Waals surface area contributed by atoms with E-state index in [2.05, 4.69) is 228 Å². The normalized spacial score (nSPS) is 11.8. The van der Waals surface area contributed by atoms with Crippen LogP contribution >= 0.6 is 0 Å². The van der Waals surface area contributed by atoms with Crippen molar-refractivity contribution in [3.63, 3.8) is 0 Å². The third-order valence-electron chi connectivity index (χ3n) is 12.1. The highest BCUT2D eigenvalue weighted by Gasteiger charge is 2.19. The number of hydrogen-bond acceptors (Lipinski definition) is 0. The van der Waals surface area contributed by atoms with Gasteiger partial charge in [0.2, 0.25) is 0 Å². The molecule has 0 amide bonds. The summed E-state index contributed by atoms with van der Waals surface area (Å²) < 4.78 is 4.77. The fourth-order valence-electron chi connectivity index (χ4n) is 9.35. The standard InChI is InChI=1S/C56H36N2/c1-4-12-37(13-5-1)41-25-28-48-49-29-26-42(35-52(49)47-19-11-10-18-46(47)51(48)34-41)38-20-22-39(23-21-38)43-27-31-54-53(36-43)50-30-24-40-32-33-57(44-14-6-2-7-15-44)55(40)56(50)58(54)45-16-8-3-9-17-45/h1-36H. The summed E-state index contributed by atoms with van der Waals surface area (Å²) in [6, 6.07) is 77.7. The maximum atomic E-state index is 2.44. The molecule has 0 fully saturated rings. The summed E-state index contributed by atoms with van der Waals surface area (Å²) in [7, 11) is 0. The first-order valence-electron chi connectivity index (χ1n) is 20.0. The highest BCUT2D eigenvalue weighted by molar-refractivity contribution is 6.26. The Bertz CT molecular complexity index is 3500. The lowest BCUT2D eigenvalue weighted by Crippen LogP contribution is -1.97.